The van der Waals surface area contributed by atoms with E-state index in [9.17, 15) is 9.59 Å². The number of aromatic nitrogens is 1. The molecule has 2 aromatic rings. The van der Waals surface area contributed by atoms with Crippen molar-refractivity contribution in [1.29, 1.82) is 0 Å². The predicted octanol–water partition coefficient (Wildman–Crippen LogP) is 3.80. The Labute approximate surface area is 170 Å². The highest BCUT2D eigenvalue weighted by Crippen LogP contribution is 2.29. The molecule has 1 aliphatic rings. The number of benzene rings is 1. The van der Waals surface area contributed by atoms with Crippen LogP contribution in [-0.4, -0.2) is 37.1 Å². The van der Waals surface area contributed by atoms with Gasteiger partial charge in [-0.05, 0) is 37.1 Å². The Morgan fingerprint density at radius 1 is 0.931 bits per heavy atom. The van der Waals surface area contributed by atoms with Crippen LogP contribution in [0.2, 0.25) is 0 Å². The van der Waals surface area contributed by atoms with Crippen LogP contribution in [0.3, 0.4) is 0 Å². The van der Waals surface area contributed by atoms with Gasteiger partial charge in [0.2, 0.25) is 0 Å². The molecule has 154 valence electrons. The fourth-order valence-electron chi connectivity index (χ4n) is 3.46. The molecule has 0 saturated heterocycles. The van der Waals surface area contributed by atoms with Gasteiger partial charge in [0.1, 0.15) is 22.9 Å². The van der Waals surface area contributed by atoms with Gasteiger partial charge in [0.05, 0.1) is 19.9 Å². The van der Waals surface area contributed by atoms with Crippen molar-refractivity contribution in [2.75, 3.05) is 19.5 Å². The Balaban J connectivity index is 1.70. The summed E-state index contributed by atoms with van der Waals surface area (Å²) in [5.74, 6) is 0.432. The van der Waals surface area contributed by atoms with E-state index in [-0.39, 0.29) is 23.3 Å². The lowest BCUT2D eigenvalue weighted by molar-refractivity contribution is 0.0928. The highest BCUT2D eigenvalue weighted by molar-refractivity contribution is 6.04. The Morgan fingerprint density at radius 2 is 1.62 bits per heavy atom. The quantitative estimate of drug-likeness (QED) is 0.724. The van der Waals surface area contributed by atoms with Crippen molar-refractivity contribution in [3.8, 4) is 11.5 Å². The SMILES string of the molecule is COc1ccc(NC(=O)c2cccc(C(=O)NC3CCCCCC3)n2)c(OC)c1. The summed E-state index contributed by atoms with van der Waals surface area (Å²) in [4.78, 5) is 29.5. The fourth-order valence-corrected chi connectivity index (χ4v) is 3.46. The summed E-state index contributed by atoms with van der Waals surface area (Å²) in [7, 11) is 3.07. The van der Waals surface area contributed by atoms with E-state index in [1.165, 1.54) is 20.0 Å². The van der Waals surface area contributed by atoms with E-state index in [0.717, 1.165) is 25.7 Å². The van der Waals surface area contributed by atoms with Crippen molar-refractivity contribution in [3.63, 3.8) is 0 Å². The summed E-state index contributed by atoms with van der Waals surface area (Å²) < 4.78 is 10.5. The molecular formula is C22H27N3O4. The second kappa shape index (κ2) is 9.91. The molecule has 1 aliphatic carbocycles. The number of anilines is 1. The summed E-state index contributed by atoms with van der Waals surface area (Å²) in [6, 6.07) is 10.1. The molecule has 2 N–H and O–H groups in total. The third-order valence-electron chi connectivity index (χ3n) is 5.06. The van der Waals surface area contributed by atoms with Gasteiger partial charge in [-0.25, -0.2) is 4.98 Å². The molecule has 1 heterocycles. The maximum atomic E-state index is 12.7. The first kappa shape index (κ1) is 20.6. The van der Waals surface area contributed by atoms with Crippen LogP contribution in [-0.2, 0) is 0 Å². The molecular weight excluding hydrogens is 370 g/mol. The molecule has 0 atom stereocenters. The van der Waals surface area contributed by atoms with Crippen molar-refractivity contribution in [2.45, 2.75) is 44.6 Å². The monoisotopic (exact) mass is 397 g/mol. The van der Waals surface area contributed by atoms with Crippen LogP contribution in [0.4, 0.5) is 5.69 Å². The lowest BCUT2D eigenvalue weighted by atomic mass is 10.1. The molecule has 0 unspecified atom stereocenters. The summed E-state index contributed by atoms with van der Waals surface area (Å²) in [5, 5.41) is 5.83. The molecule has 7 heteroatoms. The number of carbonyl (C=O) groups excluding carboxylic acids is 2. The van der Waals surface area contributed by atoms with Gasteiger partial charge in [-0.3, -0.25) is 9.59 Å². The van der Waals surface area contributed by atoms with Crippen LogP contribution in [0, 0.1) is 0 Å². The third-order valence-corrected chi connectivity index (χ3v) is 5.06. The van der Waals surface area contributed by atoms with Gasteiger partial charge in [-0.2, -0.15) is 0 Å². The Hall–Kier alpha value is -3.09. The van der Waals surface area contributed by atoms with Gasteiger partial charge >= 0.3 is 0 Å². The molecule has 3 rings (SSSR count). The average Bonchev–Trinajstić information content (AvgIpc) is 3.02. The van der Waals surface area contributed by atoms with Gasteiger partial charge in [-0.1, -0.05) is 31.7 Å². The summed E-state index contributed by atoms with van der Waals surface area (Å²) in [5.41, 5.74) is 0.897. The first-order chi connectivity index (χ1) is 14.1. The molecule has 2 amide bonds. The predicted molar refractivity (Wildman–Crippen MR) is 111 cm³/mol. The molecule has 1 aromatic carbocycles. The van der Waals surface area contributed by atoms with Gasteiger partial charge in [0, 0.05) is 12.1 Å². The van der Waals surface area contributed by atoms with E-state index in [2.05, 4.69) is 15.6 Å². The van der Waals surface area contributed by atoms with Crippen molar-refractivity contribution in [1.82, 2.24) is 10.3 Å². The highest BCUT2D eigenvalue weighted by atomic mass is 16.5. The number of hydrogen-bond acceptors (Lipinski definition) is 5. The lowest BCUT2D eigenvalue weighted by Crippen LogP contribution is -2.35. The molecule has 0 bridgehead atoms. The smallest absolute Gasteiger partial charge is 0.274 e. The van der Waals surface area contributed by atoms with Gasteiger partial charge in [0.25, 0.3) is 11.8 Å². The topological polar surface area (TPSA) is 89.5 Å². The first-order valence-corrected chi connectivity index (χ1v) is 9.92. The third kappa shape index (κ3) is 5.47. The van der Waals surface area contributed by atoms with E-state index < -0.39 is 5.91 Å². The molecule has 0 radical (unpaired) electrons. The fraction of sp³-hybridized carbons (Fsp3) is 0.409. The number of pyridine rings is 1. The van der Waals surface area contributed by atoms with E-state index in [0.29, 0.717) is 17.2 Å². The average molecular weight is 397 g/mol. The number of methoxy groups -OCH3 is 2. The Bertz CT molecular complexity index is 861. The lowest BCUT2D eigenvalue weighted by Gasteiger charge is -2.16. The number of ether oxygens (including phenoxy) is 2. The molecule has 1 saturated carbocycles. The number of nitrogens with zero attached hydrogens (tertiary/aromatic N) is 1. The maximum Gasteiger partial charge on any atom is 0.274 e. The molecule has 0 aliphatic heterocycles. The van der Waals surface area contributed by atoms with Crippen molar-refractivity contribution < 1.29 is 19.1 Å². The number of carbonyl (C=O) groups is 2. The normalized spacial score (nSPS) is 14.6. The van der Waals surface area contributed by atoms with Crippen LogP contribution >= 0.6 is 0 Å². The highest BCUT2D eigenvalue weighted by Gasteiger charge is 2.18. The Morgan fingerprint density at radius 3 is 2.28 bits per heavy atom. The van der Waals surface area contributed by atoms with Gasteiger partial charge in [0.15, 0.2) is 0 Å². The van der Waals surface area contributed by atoms with Crippen LogP contribution < -0.4 is 20.1 Å². The summed E-state index contributed by atoms with van der Waals surface area (Å²) >= 11 is 0. The first-order valence-electron chi connectivity index (χ1n) is 9.92. The summed E-state index contributed by atoms with van der Waals surface area (Å²) in [6.45, 7) is 0. The van der Waals surface area contributed by atoms with E-state index >= 15 is 0 Å². The number of amides is 2. The zero-order chi connectivity index (χ0) is 20.6. The molecule has 29 heavy (non-hydrogen) atoms. The van der Waals surface area contributed by atoms with Crippen LogP contribution in [0.1, 0.15) is 59.5 Å². The number of nitrogens with one attached hydrogen (secondary N) is 2. The van der Waals surface area contributed by atoms with Crippen LogP contribution in [0.25, 0.3) is 0 Å². The molecule has 1 aromatic heterocycles. The minimum absolute atomic E-state index is 0.163. The minimum atomic E-state index is -0.419. The Kier molecular flexibility index (Phi) is 7.05. The molecule has 0 spiro atoms. The van der Waals surface area contributed by atoms with Crippen LogP contribution in [0.15, 0.2) is 36.4 Å². The molecule has 7 nitrogen and oxygen atoms in total. The number of hydrogen-bond donors (Lipinski definition) is 2. The van der Waals surface area contributed by atoms with Gasteiger partial charge in [-0.15, -0.1) is 0 Å². The van der Waals surface area contributed by atoms with Gasteiger partial charge < -0.3 is 20.1 Å². The summed E-state index contributed by atoms with van der Waals surface area (Å²) in [6.07, 6.45) is 6.67. The second-order valence-corrected chi connectivity index (χ2v) is 7.09. The van der Waals surface area contributed by atoms with Crippen molar-refractivity contribution in [2.24, 2.45) is 0 Å². The largest absolute Gasteiger partial charge is 0.497 e. The minimum Gasteiger partial charge on any atom is -0.497 e. The van der Waals surface area contributed by atoms with E-state index in [1.807, 2.05) is 0 Å². The second-order valence-electron chi connectivity index (χ2n) is 7.09. The number of rotatable bonds is 6. The standard InChI is InChI=1S/C22H27N3O4/c1-28-16-12-13-17(20(14-16)29-2)25-22(27)19-11-7-10-18(24-19)21(26)23-15-8-5-3-4-6-9-15/h7,10-15H,3-6,8-9H2,1-2H3,(H,23,26)(H,25,27). The van der Waals surface area contributed by atoms with E-state index in [4.69, 9.17) is 9.47 Å². The zero-order valence-electron chi connectivity index (χ0n) is 16.9. The maximum absolute atomic E-state index is 12.7. The zero-order valence-corrected chi connectivity index (χ0v) is 16.9. The molecule has 1 fully saturated rings. The van der Waals surface area contributed by atoms with Crippen molar-refractivity contribution >= 4 is 17.5 Å². The van der Waals surface area contributed by atoms with E-state index in [1.54, 1.807) is 43.5 Å². The van der Waals surface area contributed by atoms with Crippen LogP contribution in [0.5, 0.6) is 11.5 Å². The van der Waals surface area contributed by atoms with Crippen molar-refractivity contribution in [3.05, 3.63) is 47.8 Å².